The van der Waals surface area contributed by atoms with E-state index in [0.29, 0.717) is 35.0 Å². The standard InChI is InChI=1S/C26H26ClN3O4/c1-29(16-23(31)18-6-4-3-5-7-18)14-20-12-21-24(32)22(15-30(2)26(21)34-20)25(33)28-13-17-8-10-19(27)11-9-17/h3-12,15,23,31H,13-14,16H2,1-2H3,(H,28,33). The lowest BCUT2D eigenvalue weighted by molar-refractivity contribution is 0.0949. The number of likely N-dealkylation sites (N-methyl/N-ethyl adjacent to an activating group) is 1. The molecule has 0 radical (unpaired) electrons. The van der Waals surface area contributed by atoms with E-state index in [1.54, 1.807) is 29.8 Å². The number of halogens is 1. The van der Waals surface area contributed by atoms with Gasteiger partial charge in [-0.3, -0.25) is 14.5 Å². The van der Waals surface area contributed by atoms with Crippen LogP contribution >= 0.6 is 11.6 Å². The van der Waals surface area contributed by atoms with Crippen LogP contribution in [0, 0.1) is 0 Å². The number of furan rings is 1. The molecule has 2 aromatic heterocycles. The fraction of sp³-hybridized carbons (Fsp3) is 0.231. The van der Waals surface area contributed by atoms with Crippen LogP contribution in [0.2, 0.25) is 5.02 Å². The fourth-order valence-electron chi connectivity index (χ4n) is 3.84. The highest BCUT2D eigenvalue weighted by Crippen LogP contribution is 2.20. The van der Waals surface area contributed by atoms with E-state index < -0.39 is 12.0 Å². The Hall–Kier alpha value is -3.39. The quantitative estimate of drug-likeness (QED) is 0.400. The minimum atomic E-state index is -0.641. The van der Waals surface area contributed by atoms with Gasteiger partial charge in [0.1, 0.15) is 11.3 Å². The first-order valence-electron chi connectivity index (χ1n) is 10.9. The van der Waals surface area contributed by atoms with Crippen molar-refractivity contribution in [2.24, 2.45) is 7.05 Å². The van der Waals surface area contributed by atoms with Crippen molar-refractivity contribution in [1.82, 2.24) is 14.8 Å². The summed E-state index contributed by atoms with van der Waals surface area (Å²) < 4.78 is 7.54. The van der Waals surface area contributed by atoms with Crippen LogP contribution in [-0.2, 0) is 20.1 Å². The molecule has 4 rings (SSSR count). The van der Waals surface area contributed by atoms with Gasteiger partial charge in [0.15, 0.2) is 0 Å². The normalized spacial score (nSPS) is 12.3. The molecular formula is C26H26ClN3O4. The second-order valence-electron chi connectivity index (χ2n) is 8.35. The minimum absolute atomic E-state index is 0.0455. The maximum atomic E-state index is 13.0. The summed E-state index contributed by atoms with van der Waals surface area (Å²) in [6.45, 7) is 1.08. The average molecular weight is 480 g/mol. The predicted octanol–water partition coefficient (Wildman–Crippen LogP) is 3.88. The summed E-state index contributed by atoms with van der Waals surface area (Å²) in [5.41, 5.74) is 1.77. The van der Waals surface area contributed by atoms with E-state index in [1.165, 1.54) is 6.20 Å². The number of aryl methyl sites for hydroxylation is 1. The zero-order valence-electron chi connectivity index (χ0n) is 19.0. The summed E-state index contributed by atoms with van der Waals surface area (Å²) in [6, 6.07) is 18.2. The maximum Gasteiger partial charge on any atom is 0.257 e. The van der Waals surface area contributed by atoms with Gasteiger partial charge in [0.25, 0.3) is 5.91 Å². The smallest absolute Gasteiger partial charge is 0.257 e. The van der Waals surface area contributed by atoms with Gasteiger partial charge in [-0.15, -0.1) is 0 Å². The molecule has 0 spiro atoms. The largest absolute Gasteiger partial charge is 0.443 e. The number of fused-ring (bicyclic) bond motifs is 1. The number of nitrogens with zero attached hydrogens (tertiary/aromatic N) is 2. The molecule has 7 nitrogen and oxygen atoms in total. The molecule has 2 N–H and O–H groups in total. The van der Waals surface area contributed by atoms with E-state index in [2.05, 4.69) is 5.32 Å². The zero-order chi connectivity index (χ0) is 24.2. The van der Waals surface area contributed by atoms with Crippen molar-refractivity contribution >= 4 is 28.6 Å². The number of hydrogen-bond donors (Lipinski definition) is 2. The molecule has 34 heavy (non-hydrogen) atoms. The maximum absolute atomic E-state index is 13.0. The van der Waals surface area contributed by atoms with Gasteiger partial charge >= 0.3 is 0 Å². The van der Waals surface area contributed by atoms with Crippen molar-refractivity contribution in [1.29, 1.82) is 0 Å². The van der Waals surface area contributed by atoms with Gasteiger partial charge < -0.3 is 19.4 Å². The van der Waals surface area contributed by atoms with Crippen molar-refractivity contribution in [2.75, 3.05) is 13.6 Å². The number of hydrogen-bond acceptors (Lipinski definition) is 5. The molecule has 0 saturated heterocycles. The van der Waals surface area contributed by atoms with Gasteiger partial charge in [-0.1, -0.05) is 54.1 Å². The highest BCUT2D eigenvalue weighted by atomic mass is 35.5. The topological polar surface area (TPSA) is 87.7 Å². The molecule has 2 aromatic carbocycles. The summed E-state index contributed by atoms with van der Waals surface area (Å²) in [6.07, 6.45) is 0.843. The molecule has 176 valence electrons. The highest BCUT2D eigenvalue weighted by molar-refractivity contribution is 6.30. The van der Waals surface area contributed by atoms with Crippen molar-refractivity contribution < 1.29 is 14.3 Å². The lowest BCUT2D eigenvalue weighted by Gasteiger charge is -2.19. The Morgan fingerprint density at radius 1 is 1.18 bits per heavy atom. The number of carbonyl (C=O) groups is 1. The van der Waals surface area contributed by atoms with Crippen LogP contribution in [0.4, 0.5) is 0 Å². The van der Waals surface area contributed by atoms with E-state index in [4.69, 9.17) is 16.0 Å². The Bertz CT molecular complexity index is 1350. The zero-order valence-corrected chi connectivity index (χ0v) is 19.7. The first-order chi connectivity index (χ1) is 16.3. The van der Waals surface area contributed by atoms with Crippen LogP contribution in [0.25, 0.3) is 11.1 Å². The molecule has 0 aliphatic heterocycles. The molecule has 1 unspecified atom stereocenters. The summed E-state index contributed by atoms with van der Waals surface area (Å²) >= 11 is 5.89. The first-order valence-corrected chi connectivity index (χ1v) is 11.3. The van der Waals surface area contributed by atoms with Gasteiger partial charge in [-0.05, 0) is 36.4 Å². The average Bonchev–Trinajstić information content (AvgIpc) is 3.26. The van der Waals surface area contributed by atoms with Crippen LogP contribution in [0.15, 0.2) is 76.1 Å². The summed E-state index contributed by atoms with van der Waals surface area (Å²) in [7, 11) is 3.60. The van der Waals surface area contributed by atoms with Gasteiger partial charge in [0, 0.05) is 31.4 Å². The second kappa shape index (κ2) is 10.3. The van der Waals surface area contributed by atoms with E-state index in [1.807, 2.05) is 54.4 Å². The van der Waals surface area contributed by atoms with E-state index >= 15 is 0 Å². The monoisotopic (exact) mass is 479 g/mol. The van der Waals surface area contributed by atoms with Gasteiger partial charge in [0.2, 0.25) is 11.1 Å². The second-order valence-corrected chi connectivity index (χ2v) is 8.78. The Morgan fingerprint density at radius 2 is 1.88 bits per heavy atom. The summed E-state index contributed by atoms with van der Waals surface area (Å²) in [4.78, 5) is 27.7. The Labute approximate surface area is 202 Å². The van der Waals surface area contributed by atoms with Crippen LogP contribution in [0.3, 0.4) is 0 Å². The lowest BCUT2D eigenvalue weighted by Crippen LogP contribution is -2.29. The molecular weight excluding hydrogens is 454 g/mol. The molecule has 0 aliphatic rings. The number of amides is 1. The molecule has 0 fully saturated rings. The molecule has 2 heterocycles. The number of benzene rings is 2. The number of aliphatic hydroxyl groups is 1. The number of aliphatic hydroxyl groups excluding tert-OH is 1. The minimum Gasteiger partial charge on any atom is -0.443 e. The number of nitrogens with one attached hydrogen (secondary N) is 1. The van der Waals surface area contributed by atoms with Crippen molar-refractivity contribution in [3.05, 3.63) is 105 Å². The summed E-state index contributed by atoms with van der Waals surface area (Å²) in [5.74, 6) is 0.118. The SMILES string of the molecule is CN(Cc1cc2c(=O)c(C(=O)NCc3ccc(Cl)cc3)cn(C)c2o1)CC(O)c1ccccc1. The third-order valence-electron chi connectivity index (χ3n) is 5.60. The first kappa shape index (κ1) is 23.8. The lowest BCUT2D eigenvalue weighted by atomic mass is 10.1. The number of carbonyl (C=O) groups excluding carboxylic acids is 1. The van der Waals surface area contributed by atoms with Crippen molar-refractivity contribution in [3.63, 3.8) is 0 Å². The number of aromatic nitrogens is 1. The Morgan fingerprint density at radius 3 is 2.59 bits per heavy atom. The molecule has 0 bridgehead atoms. The highest BCUT2D eigenvalue weighted by Gasteiger charge is 2.19. The van der Waals surface area contributed by atoms with Crippen molar-refractivity contribution in [2.45, 2.75) is 19.2 Å². The third-order valence-corrected chi connectivity index (χ3v) is 5.85. The molecule has 1 amide bonds. The van der Waals surface area contributed by atoms with E-state index in [0.717, 1.165) is 11.1 Å². The number of rotatable bonds is 8. The van der Waals surface area contributed by atoms with Crippen molar-refractivity contribution in [3.8, 4) is 0 Å². The van der Waals surface area contributed by atoms with Crippen LogP contribution in [0.1, 0.15) is 33.3 Å². The van der Waals surface area contributed by atoms with Crippen LogP contribution in [0.5, 0.6) is 0 Å². The molecule has 1 atom stereocenters. The Balaban J connectivity index is 1.48. The van der Waals surface area contributed by atoms with E-state index in [-0.39, 0.29) is 17.5 Å². The molecule has 0 saturated carbocycles. The van der Waals surface area contributed by atoms with Crippen LogP contribution in [-0.4, -0.2) is 34.1 Å². The van der Waals surface area contributed by atoms with Gasteiger partial charge in [-0.2, -0.15) is 0 Å². The number of pyridine rings is 1. The molecule has 4 aromatic rings. The Kier molecular flexibility index (Phi) is 7.17. The van der Waals surface area contributed by atoms with E-state index in [9.17, 15) is 14.7 Å². The van der Waals surface area contributed by atoms with Gasteiger partial charge in [0.05, 0.1) is 18.0 Å². The summed E-state index contributed by atoms with van der Waals surface area (Å²) in [5, 5.41) is 14.2. The van der Waals surface area contributed by atoms with Gasteiger partial charge in [-0.25, -0.2) is 0 Å². The molecule has 0 aliphatic carbocycles. The fourth-order valence-corrected chi connectivity index (χ4v) is 3.96. The molecule has 8 heteroatoms. The predicted molar refractivity (Wildman–Crippen MR) is 132 cm³/mol. The third kappa shape index (κ3) is 5.39. The van der Waals surface area contributed by atoms with Crippen LogP contribution < -0.4 is 10.7 Å².